The van der Waals surface area contributed by atoms with Gasteiger partial charge in [-0.1, -0.05) is 17.7 Å². The van der Waals surface area contributed by atoms with Gasteiger partial charge < -0.3 is 15.4 Å². The van der Waals surface area contributed by atoms with Crippen LogP contribution in [0.3, 0.4) is 0 Å². The number of amides is 1. The zero-order valence-corrected chi connectivity index (χ0v) is 11.0. The van der Waals surface area contributed by atoms with Crippen LogP contribution in [0.15, 0.2) is 18.2 Å². The Kier molecular flexibility index (Phi) is 4.20. The molecule has 1 aliphatic carbocycles. The summed E-state index contributed by atoms with van der Waals surface area (Å²) in [5, 5.41) is 6.01. The Labute approximate surface area is 108 Å². The molecule has 0 heterocycles. The third-order valence-corrected chi connectivity index (χ3v) is 2.88. The monoisotopic (exact) mass is 248 g/mol. The second-order valence-corrected chi connectivity index (χ2v) is 4.77. The predicted molar refractivity (Wildman–Crippen MR) is 70.6 cm³/mol. The molecule has 0 atom stereocenters. The molecule has 0 radical (unpaired) electrons. The lowest BCUT2D eigenvalue weighted by atomic mass is 10.1. The van der Waals surface area contributed by atoms with Crippen LogP contribution in [0.2, 0.25) is 0 Å². The first-order valence-electron chi connectivity index (χ1n) is 6.35. The molecule has 0 unspecified atom stereocenters. The molecule has 4 heteroatoms. The van der Waals surface area contributed by atoms with Crippen molar-refractivity contribution < 1.29 is 9.53 Å². The van der Waals surface area contributed by atoms with Crippen LogP contribution in [0.5, 0.6) is 5.75 Å². The average Bonchev–Trinajstić information content (AvgIpc) is 3.12. The van der Waals surface area contributed by atoms with E-state index in [1.807, 2.05) is 26.1 Å². The molecule has 18 heavy (non-hydrogen) atoms. The average molecular weight is 248 g/mol. The molecule has 2 rings (SSSR count). The Hall–Kier alpha value is -1.55. The lowest BCUT2D eigenvalue weighted by Crippen LogP contribution is -2.30. The van der Waals surface area contributed by atoms with E-state index < -0.39 is 0 Å². The number of hydrogen-bond acceptors (Lipinski definition) is 3. The maximum absolute atomic E-state index is 11.6. The molecule has 98 valence electrons. The van der Waals surface area contributed by atoms with Crippen LogP contribution in [0.4, 0.5) is 0 Å². The van der Waals surface area contributed by atoms with Gasteiger partial charge >= 0.3 is 0 Å². The van der Waals surface area contributed by atoms with Crippen LogP contribution >= 0.6 is 0 Å². The molecule has 1 aliphatic rings. The SMILES string of the molecule is CNCc1cc(C)ccc1OCC(=O)NC1CC1. The number of ether oxygens (including phenoxy) is 1. The molecule has 0 aromatic heterocycles. The van der Waals surface area contributed by atoms with Gasteiger partial charge in [-0.25, -0.2) is 0 Å². The van der Waals surface area contributed by atoms with E-state index >= 15 is 0 Å². The summed E-state index contributed by atoms with van der Waals surface area (Å²) >= 11 is 0. The highest BCUT2D eigenvalue weighted by Crippen LogP contribution is 2.21. The molecule has 1 saturated carbocycles. The summed E-state index contributed by atoms with van der Waals surface area (Å²) in [5.41, 5.74) is 2.27. The zero-order chi connectivity index (χ0) is 13.0. The number of nitrogens with one attached hydrogen (secondary N) is 2. The normalized spacial score (nSPS) is 14.3. The van der Waals surface area contributed by atoms with E-state index in [0.29, 0.717) is 6.04 Å². The Morgan fingerprint density at radius 1 is 1.44 bits per heavy atom. The van der Waals surface area contributed by atoms with Crippen molar-refractivity contribution in [1.29, 1.82) is 0 Å². The van der Waals surface area contributed by atoms with Gasteiger partial charge in [-0.2, -0.15) is 0 Å². The number of carbonyl (C=O) groups is 1. The van der Waals surface area contributed by atoms with Gasteiger partial charge in [0.25, 0.3) is 5.91 Å². The fourth-order valence-corrected chi connectivity index (χ4v) is 1.82. The van der Waals surface area contributed by atoms with E-state index in [4.69, 9.17) is 4.74 Å². The Balaban J connectivity index is 1.92. The van der Waals surface area contributed by atoms with E-state index in [-0.39, 0.29) is 12.5 Å². The summed E-state index contributed by atoms with van der Waals surface area (Å²) < 4.78 is 5.58. The minimum absolute atomic E-state index is 0.0338. The van der Waals surface area contributed by atoms with E-state index in [0.717, 1.165) is 30.7 Å². The summed E-state index contributed by atoms with van der Waals surface area (Å²) in [5.74, 6) is 0.745. The van der Waals surface area contributed by atoms with Gasteiger partial charge in [-0.3, -0.25) is 4.79 Å². The van der Waals surface area contributed by atoms with Crippen molar-refractivity contribution in [2.75, 3.05) is 13.7 Å². The van der Waals surface area contributed by atoms with E-state index in [1.54, 1.807) is 0 Å². The lowest BCUT2D eigenvalue weighted by Gasteiger charge is -2.12. The Morgan fingerprint density at radius 3 is 2.89 bits per heavy atom. The number of aryl methyl sites for hydroxylation is 1. The minimum Gasteiger partial charge on any atom is -0.483 e. The summed E-state index contributed by atoms with van der Waals surface area (Å²) in [6.45, 7) is 2.88. The van der Waals surface area contributed by atoms with Crippen LogP contribution in [0.25, 0.3) is 0 Å². The van der Waals surface area contributed by atoms with Crippen molar-refractivity contribution in [3.63, 3.8) is 0 Å². The summed E-state index contributed by atoms with van der Waals surface area (Å²) in [4.78, 5) is 11.6. The maximum Gasteiger partial charge on any atom is 0.258 e. The molecule has 4 nitrogen and oxygen atoms in total. The Morgan fingerprint density at radius 2 is 2.22 bits per heavy atom. The zero-order valence-electron chi connectivity index (χ0n) is 11.0. The molecular weight excluding hydrogens is 228 g/mol. The first-order chi connectivity index (χ1) is 8.69. The fourth-order valence-electron chi connectivity index (χ4n) is 1.82. The third-order valence-electron chi connectivity index (χ3n) is 2.88. The second kappa shape index (κ2) is 5.87. The quantitative estimate of drug-likeness (QED) is 0.799. The van der Waals surface area contributed by atoms with Crippen molar-refractivity contribution in [1.82, 2.24) is 10.6 Å². The predicted octanol–water partition coefficient (Wildman–Crippen LogP) is 1.37. The molecule has 0 saturated heterocycles. The van der Waals surface area contributed by atoms with Crippen molar-refractivity contribution in [3.8, 4) is 5.75 Å². The molecule has 0 spiro atoms. The highest BCUT2D eigenvalue weighted by atomic mass is 16.5. The first-order valence-corrected chi connectivity index (χ1v) is 6.35. The number of hydrogen-bond donors (Lipinski definition) is 2. The van der Waals surface area contributed by atoms with Crippen LogP contribution < -0.4 is 15.4 Å². The molecule has 1 aromatic carbocycles. The first kappa shape index (κ1) is 12.9. The topological polar surface area (TPSA) is 50.4 Å². The molecule has 1 fully saturated rings. The molecule has 2 N–H and O–H groups in total. The fraction of sp³-hybridized carbons (Fsp3) is 0.500. The smallest absolute Gasteiger partial charge is 0.258 e. The van der Waals surface area contributed by atoms with Crippen LogP contribution in [0.1, 0.15) is 24.0 Å². The van der Waals surface area contributed by atoms with Crippen molar-refractivity contribution >= 4 is 5.91 Å². The van der Waals surface area contributed by atoms with Gasteiger partial charge in [-0.15, -0.1) is 0 Å². The third kappa shape index (κ3) is 3.74. The largest absolute Gasteiger partial charge is 0.483 e. The summed E-state index contributed by atoms with van der Waals surface area (Å²) in [6, 6.07) is 6.38. The van der Waals surface area contributed by atoms with Gasteiger partial charge in [0.2, 0.25) is 0 Å². The molecule has 0 aliphatic heterocycles. The maximum atomic E-state index is 11.6. The lowest BCUT2D eigenvalue weighted by molar-refractivity contribution is -0.123. The number of rotatable bonds is 6. The van der Waals surface area contributed by atoms with E-state index in [1.165, 1.54) is 5.56 Å². The minimum atomic E-state index is -0.0338. The molecule has 1 amide bonds. The number of carbonyl (C=O) groups excluding carboxylic acids is 1. The van der Waals surface area contributed by atoms with E-state index in [9.17, 15) is 4.79 Å². The van der Waals surface area contributed by atoms with Gasteiger partial charge in [-0.05, 0) is 32.9 Å². The number of benzene rings is 1. The van der Waals surface area contributed by atoms with Crippen molar-refractivity contribution in [2.45, 2.75) is 32.4 Å². The van der Waals surface area contributed by atoms with Crippen molar-refractivity contribution in [3.05, 3.63) is 29.3 Å². The summed E-state index contributed by atoms with van der Waals surface area (Å²) in [6.07, 6.45) is 2.20. The van der Waals surface area contributed by atoms with Gasteiger partial charge in [0.05, 0.1) is 0 Å². The summed E-state index contributed by atoms with van der Waals surface area (Å²) in [7, 11) is 1.89. The van der Waals surface area contributed by atoms with Crippen molar-refractivity contribution in [2.24, 2.45) is 0 Å². The molecular formula is C14H20N2O2. The highest BCUT2D eigenvalue weighted by molar-refractivity contribution is 5.78. The van der Waals surface area contributed by atoms with E-state index in [2.05, 4.69) is 16.7 Å². The van der Waals surface area contributed by atoms with Gasteiger partial charge in [0.15, 0.2) is 6.61 Å². The Bertz CT molecular complexity index is 428. The van der Waals surface area contributed by atoms with Crippen LogP contribution in [-0.4, -0.2) is 25.6 Å². The van der Waals surface area contributed by atoms with Crippen LogP contribution in [-0.2, 0) is 11.3 Å². The second-order valence-electron chi connectivity index (χ2n) is 4.77. The standard InChI is InChI=1S/C14H20N2O2/c1-10-3-6-13(11(7-10)8-15-2)18-9-14(17)16-12-4-5-12/h3,6-7,12,15H,4-5,8-9H2,1-2H3,(H,16,17). The highest BCUT2D eigenvalue weighted by Gasteiger charge is 2.23. The van der Waals surface area contributed by atoms with Gasteiger partial charge in [0.1, 0.15) is 5.75 Å². The molecule has 0 bridgehead atoms. The van der Waals surface area contributed by atoms with Crippen LogP contribution in [0, 0.1) is 6.92 Å². The molecule has 1 aromatic rings. The van der Waals surface area contributed by atoms with Gasteiger partial charge in [0, 0.05) is 18.2 Å².